The number of carbonyl (C=O) groups excluding carboxylic acids is 1. The summed E-state index contributed by atoms with van der Waals surface area (Å²) >= 11 is 7.50. The fourth-order valence-corrected chi connectivity index (χ4v) is 2.66. The maximum Gasteiger partial charge on any atom is 0.305 e. The van der Waals surface area contributed by atoms with Gasteiger partial charge in [-0.05, 0) is 19.1 Å². The van der Waals surface area contributed by atoms with Crippen LogP contribution in [0.1, 0.15) is 19.8 Å². The second-order valence-corrected chi connectivity index (χ2v) is 5.64. The molecule has 6 heteroatoms. The molecule has 104 valence electrons. The number of carboxylic acids is 1. The number of carboxylic acid groups (broad SMARTS) is 1. The van der Waals surface area contributed by atoms with Crippen molar-refractivity contribution in [3.63, 3.8) is 0 Å². The Kier molecular flexibility index (Phi) is 6.73. The summed E-state index contributed by atoms with van der Waals surface area (Å²) in [4.78, 5) is 23.0. The molecule has 0 saturated carbocycles. The van der Waals surface area contributed by atoms with Gasteiger partial charge in [-0.2, -0.15) is 0 Å². The molecule has 1 aromatic carbocycles. The molecule has 0 aliphatic rings. The standard InChI is InChI=1S/C13H16ClNO3S/c1-9(8-13(17)18)15-12(16)6-7-19-11-5-3-2-4-10(11)14/h2-5,9H,6-8H2,1H3,(H,15,16)(H,17,18). The van der Waals surface area contributed by atoms with Gasteiger partial charge in [-0.15, -0.1) is 11.8 Å². The van der Waals surface area contributed by atoms with Gasteiger partial charge in [-0.25, -0.2) is 0 Å². The van der Waals surface area contributed by atoms with E-state index in [9.17, 15) is 9.59 Å². The molecule has 1 rings (SSSR count). The van der Waals surface area contributed by atoms with E-state index in [0.29, 0.717) is 17.2 Å². The Morgan fingerprint density at radius 2 is 2.11 bits per heavy atom. The van der Waals surface area contributed by atoms with Crippen LogP contribution in [0.2, 0.25) is 5.02 Å². The number of amides is 1. The molecule has 0 aliphatic carbocycles. The summed E-state index contributed by atoms with van der Waals surface area (Å²) in [6, 6.07) is 7.10. The van der Waals surface area contributed by atoms with E-state index in [4.69, 9.17) is 16.7 Å². The van der Waals surface area contributed by atoms with Gasteiger partial charge < -0.3 is 10.4 Å². The van der Waals surface area contributed by atoms with Gasteiger partial charge in [0, 0.05) is 23.1 Å². The Hall–Kier alpha value is -1.20. The van der Waals surface area contributed by atoms with Crippen molar-refractivity contribution in [2.24, 2.45) is 0 Å². The van der Waals surface area contributed by atoms with E-state index in [1.807, 2.05) is 18.2 Å². The Bertz CT molecular complexity index is 453. The second kappa shape index (κ2) is 8.07. The summed E-state index contributed by atoms with van der Waals surface area (Å²) < 4.78 is 0. The highest BCUT2D eigenvalue weighted by molar-refractivity contribution is 7.99. The SMILES string of the molecule is CC(CC(=O)O)NC(=O)CCSc1ccccc1Cl. The first-order chi connectivity index (χ1) is 8.99. The molecular formula is C13H16ClNO3S. The van der Waals surface area contributed by atoms with E-state index >= 15 is 0 Å². The first kappa shape index (κ1) is 15.9. The average molecular weight is 302 g/mol. The van der Waals surface area contributed by atoms with Crippen LogP contribution in [0.4, 0.5) is 0 Å². The Labute approximate surface area is 121 Å². The van der Waals surface area contributed by atoms with Crippen molar-refractivity contribution >= 4 is 35.2 Å². The molecule has 0 bridgehead atoms. The molecule has 1 amide bonds. The predicted octanol–water partition coefficient (Wildman–Crippen LogP) is 2.80. The lowest BCUT2D eigenvalue weighted by Gasteiger charge is -2.11. The van der Waals surface area contributed by atoms with Crippen molar-refractivity contribution in [1.29, 1.82) is 0 Å². The van der Waals surface area contributed by atoms with E-state index in [2.05, 4.69) is 5.32 Å². The molecular weight excluding hydrogens is 286 g/mol. The molecule has 2 N–H and O–H groups in total. The average Bonchev–Trinajstić information content (AvgIpc) is 2.30. The van der Waals surface area contributed by atoms with Crippen LogP contribution in [-0.4, -0.2) is 28.8 Å². The Balaban J connectivity index is 2.28. The summed E-state index contributed by atoms with van der Waals surface area (Å²) in [5.74, 6) is -0.457. The van der Waals surface area contributed by atoms with E-state index < -0.39 is 5.97 Å². The molecule has 0 saturated heterocycles. The minimum atomic E-state index is -0.918. The molecule has 0 spiro atoms. The van der Waals surface area contributed by atoms with Crippen molar-refractivity contribution in [2.45, 2.75) is 30.7 Å². The molecule has 0 aliphatic heterocycles. The number of benzene rings is 1. The zero-order valence-electron chi connectivity index (χ0n) is 10.6. The van der Waals surface area contributed by atoms with E-state index in [0.717, 1.165) is 4.90 Å². The number of hydrogen-bond acceptors (Lipinski definition) is 3. The first-order valence-corrected chi connectivity index (χ1v) is 7.24. The molecule has 0 aromatic heterocycles. The first-order valence-electron chi connectivity index (χ1n) is 5.87. The fourth-order valence-electron chi connectivity index (χ4n) is 1.48. The third-order valence-corrected chi connectivity index (χ3v) is 3.83. The molecule has 1 unspecified atom stereocenters. The lowest BCUT2D eigenvalue weighted by atomic mass is 10.2. The predicted molar refractivity (Wildman–Crippen MR) is 76.7 cm³/mol. The number of halogens is 1. The summed E-state index contributed by atoms with van der Waals surface area (Å²) in [7, 11) is 0. The zero-order chi connectivity index (χ0) is 14.3. The highest BCUT2D eigenvalue weighted by Gasteiger charge is 2.11. The van der Waals surface area contributed by atoms with Gasteiger partial charge in [-0.3, -0.25) is 9.59 Å². The smallest absolute Gasteiger partial charge is 0.305 e. The van der Waals surface area contributed by atoms with E-state index in [-0.39, 0.29) is 18.4 Å². The van der Waals surface area contributed by atoms with Crippen LogP contribution in [0.5, 0.6) is 0 Å². The lowest BCUT2D eigenvalue weighted by Crippen LogP contribution is -2.34. The maximum absolute atomic E-state index is 11.6. The van der Waals surface area contributed by atoms with Crippen LogP contribution >= 0.6 is 23.4 Å². The van der Waals surface area contributed by atoms with Crippen LogP contribution in [0, 0.1) is 0 Å². The van der Waals surface area contributed by atoms with Gasteiger partial charge in [0.1, 0.15) is 0 Å². The summed E-state index contributed by atoms with van der Waals surface area (Å²) in [6.45, 7) is 1.67. The Morgan fingerprint density at radius 1 is 1.42 bits per heavy atom. The minimum Gasteiger partial charge on any atom is -0.481 e. The topological polar surface area (TPSA) is 66.4 Å². The van der Waals surface area contributed by atoms with E-state index in [1.165, 1.54) is 11.8 Å². The van der Waals surface area contributed by atoms with Crippen LogP contribution in [-0.2, 0) is 9.59 Å². The normalized spacial score (nSPS) is 11.9. The van der Waals surface area contributed by atoms with E-state index in [1.54, 1.807) is 13.0 Å². The second-order valence-electron chi connectivity index (χ2n) is 4.10. The van der Waals surface area contributed by atoms with Gasteiger partial charge in [0.05, 0.1) is 11.4 Å². The lowest BCUT2D eigenvalue weighted by molar-refractivity contribution is -0.137. The van der Waals surface area contributed by atoms with Gasteiger partial charge in [0.15, 0.2) is 0 Å². The van der Waals surface area contributed by atoms with Crippen molar-refractivity contribution in [1.82, 2.24) is 5.32 Å². The van der Waals surface area contributed by atoms with Gasteiger partial charge in [0.25, 0.3) is 0 Å². The van der Waals surface area contributed by atoms with Crippen molar-refractivity contribution in [2.75, 3.05) is 5.75 Å². The number of nitrogens with one attached hydrogen (secondary N) is 1. The zero-order valence-corrected chi connectivity index (χ0v) is 12.1. The van der Waals surface area contributed by atoms with Crippen molar-refractivity contribution in [3.05, 3.63) is 29.3 Å². The third-order valence-electron chi connectivity index (χ3n) is 2.31. The monoisotopic (exact) mass is 301 g/mol. The highest BCUT2D eigenvalue weighted by Crippen LogP contribution is 2.26. The molecule has 19 heavy (non-hydrogen) atoms. The van der Waals surface area contributed by atoms with Crippen LogP contribution in [0.3, 0.4) is 0 Å². The van der Waals surface area contributed by atoms with Crippen molar-refractivity contribution in [3.8, 4) is 0 Å². The molecule has 4 nitrogen and oxygen atoms in total. The third kappa shape index (κ3) is 6.50. The van der Waals surface area contributed by atoms with Crippen LogP contribution in [0.25, 0.3) is 0 Å². The largest absolute Gasteiger partial charge is 0.481 e. The molecule has 1 atom stereocenters. The number of thioether (sulfide) groups is 1. The van der Waals surface area contributed by atoms with Crippen LogP contribution < -0.4 is 5.32 Å². The van der Waals surface area contributed by atoms with Gasteiger partial charge in [0.2, 0.25) is 5.91 Å². The quantitative estimate of drug-likeness (QED) is 0.760. The fraction of sp³-hybridized carbons (Fsp3) is 0.385. The van der Waals surface area contributed by atoms with Crippen molar-refractivity contribution < 1.29 is 14.7 Å². The van der Waals surface area contributed by atoms with Gasteiger partial charge >= 0.3 is 5.97 Å². The molecule has 0 fully saturated rings. The minimum absolute atomic E-state index is 0.0661. The number of aliphatic carboxylic acids is 1. The Morgan fingerprint density at radius 3 is 2.74 bits per heavy atom. The molecule has 1 aromatic rings. The number of carbonyl (C=O) groups is 2. The summed E-state index contributed by atoms with van der Waals surface area (Å²) in [5, 5.41) is 11.9. The number of rotatable bonds is 7. The summed E-state index contributed by atoms with van der Waals surface area (Å²) in [5.41, 5.74) is 0. The number of hydrogen-bond donors (Lipinski definition) is 2. The highest BCUT2D eigenvalue weighted by atomic mass is 35.5. The van der Waals surface area contributed by atoms with Gasteiger partial charge in [-0.1, -0.05) is 23.7 Å². The summed E-state index contributed by atoms with van der Waals surface area (Å²) in [6.07, 6.45) is 0.267. The molecule has 0 heterocycles. The van der Waals surface area contributed by atoms with Crippen LogP contribution in [0.15, 0.2) is 29.2 Å². The molecule has 0 radical (unpaired) electrons. The maximum atomic E-state index is 11.6.